The summed E-state index contributed by atoms with van der Waals surface area (Å²) < 4.78 is 28.8. The van der Waals surface area contributed by atoms with Crippen LogP contribution in [0, 0.1) is 17.2 Å². The number of sulfonamides is 1. The van der Waals surface area contributed by atoms with E-state index in [1.165, 1.54) is 16.4 Å². The molecule has 1 aromatic carbocycles. The molecule has 0 unspecified atom stereocenters. The molecule has 0 saturated carbocycles. The van der Waals surface area contributed by atoms with E-state index in [1.54, 1.807) is 29.3 Å². The molecular weight excluding hydrogens is 412 g/mol. The van der Waals surface area contributed by atoms with Gasteiger partial charge in [0.05, 0.1) is 28.8 Å². The highest BCUT2D eigenvalue weighted by atomic mass is 32.2. The summed E-state index contributed by atoms with van der Waals surface area (Å²) in [5.41, 5.74) is 1.02. The second-order valence-electron chi connectivity index (χ2n) is 7.93. The van der Waals surface area contributed by atoms with Gasteiger partial charge in [0.25, 0.3) is 0 Å². The summed E-state index contributed by atoms with van der Waals surface area (Å²) in [5.74, 6) is -0.411. The number of amides is 1. The van der Waals surface area contributed by atoms with Crippen LogP contribution in [0.2, 0.25) is 0 Å². The lowest BCUT2D eigenvalue weighted by atomic mass is 9.90. The van der Waals surface area contributed by atoms with Crippen LogP contribution < -0.4 is 0 Å². The third-order valence-corrected chi connectivity index (χ3v) is 7.98. The van der Waals surface area contributed by atoms with Crippen LogP contribution in [0.25, 0.3) is 0 Å². The van der Waals surface area contributed by atoms with E-state index in [2.05, 4.69) is 11.6 Å². The van der Waals surface area contributed by atoms with Crippen LogP contribution in [-0.4, -0.2) is 47.1 Å². The van der Waals surface area contributed by atoms with Crippen molar-refractivity contribution < 1.29 is 13.2 Å². The van der Waals surface area contributed by atoms with E-state index in [4.69, 9.17) is 0 Å². The molecular formula is C23H24N4O3S. The fraction of sp³-hybridized carbons (Fsp3) is 0.348. The fourth-order valence-electron chi connectivity index (χ4n) is 4.57. The van der Waals surface area contributed by atoms with E-state index in [9.17, 15) is 18.5 Å². The van der Waals surface area contributed by atoms with Gasteiger partial charge in [0.1, 0.15) is 6.04 Å². The standard InChI is InChI=1S/C23H24N4O3S/c1-2-18-15-26(16-19-8-3-4-12-25-19)23(28)22-11-6-10-21(18)27(22)31(29,30)20-9-5-7-17(13-20)14-24/h2-5,7-9,12-13,18,21-22H,1,6,10-11,15-16H2/t18-,21-,22+/m1/s1. The number of fused-ring (bicyclic) bond motifs is 2. The van der Waals surface area contributed by atoms with Gasteiger partial charge < -0.3 is 4.90 Å². The van der Waals surface area contributed by atoms with E-state index in [1.807, 2.05) is 24.3 Å². The molecule has 3 atom stereocenters. The maximum Gasteiger partial charge on any atom is 0.244 e. The number of carbonyl (C=O) groups is 1. The molecule has 2 bridgehead atoms. The second-order valence-corrected chi connectivity index (χ2v) is 9.77. The van der Waals surface area contributed by atoms with Crippen LogP contribution >= 0.6 is 0 Å². The molecule has 0 spiro atoms. The summed E-state index contributed by atoms with van der Waals surface area (Å²) in [7, 11) is -3.98. The molecule has 8 heteroatoms. The van der Waals surface area contributed by atoms with Gasteiger partial charge in [-0.3, -0.25) is 9.78 Å². The predicted molar refractivity (Wildman–Crippen MR) is 115 cm³/mol. The number of pyridine rings is 1. The number of nitrogens with zero attached hydrogens (tertiary/aromatic N) is 4. The topological polar surface area (TPSA) is 94.4 Å². The van der Waals surface area contributed by atoms with Gasteiger partial charge in [-0.2, -0.15) is 9.57 Å². The largest absolute Gasteiger partial charge is 0.335 e. The highest BCUT2D eigenvalue weighted by Gasteiger charge is 2.49. The molecule has 2 saturated heterocycles. The highest BCUT2D eigenvalue weighted by Crippen LogP contribution is 2.37. The predicted octanol–water partition coefficient (Wildman–Crippen LogP) is 2.71. The summed E-state index contributed by atoms with van der Waals surface area (Å²) in [6.45, 7) is 4.66. The molecule has 0 N–H and O–H groups in total. The number of aromatic nitrogens is 1. The van der Waals surface area contributed by atoms with E-state index in [0.29, 0.717) is 25.9 Å². The Bertz CT molecular complexity index is 1130. The number of nitriles is 1. The van der Waals surface area contributed by atoms with Gasteiger partial charge in [-0.05, 0) is 49.6 Å². The number of carbonyl (C=O) groups excluding carboxylic acids is 1. The lowest BCUT2D eigenvalue weighted by Gasteiger charge is -2.40. The Labute approximate surface area is 182 Å². The van der Waals surface area contributed by atoms with Crippen LogP contribution in [0.1, 0.15) is 30.5 Å². The average molecular weight is 437 g/mol. The molecule has 0 aliphatic carbocycles. The summed E-state index contributed by atoms with van der Waals surface area (Å²) in [6.07, 6.45) is 5.34. The van der Waals surface area contributed by atoms with Crippen LogP contribution in [0.3, 0.4) is 0 Å². The number of rotatable bonds is 5. The highest BCUT2D eigenvalue weighted by molar-refractivity contribution is 7.89. The number of hydrogen-bond acceptors (Lipinski definition) is 5. The number of hydrogen-bond donors (Lipinski definition) is 0. The molecule has 31 heavy (non-hydrogen) atoms. The third-order valence-electron chi connectivity index (χ3n) is 6.05. The molecule has 0 radical (unpaired) electrons. The van der Waals surface area contributed by atoms with Crippen molar-refractivity contribution in [3.8, 4) is 6.07 Å². The van der Waals surface area contributed by atoms with Crippen molar-refractivity contribution >= 4 is 15.9 Å². The van der Waals surface area contributed by atoms with Gasteiger partial charge in [0.15, 0.2) is 0 Å². The zero-order valence-electron chi connectivity index (χ0n) is 17.1. The summed E-state index contributed by atoms with van der Waals surface area (Å²) in [6, 6.07) is 12.4. The van der Waals surface area contributed by atoms with Gasteiger partial charge in [-0.25, -0.2) is 8.42 Å². The zero-order chi connectivity index (χ0) is 22.0. The molecule has 4 rings (SSSR count). The van der Waals surface area contributed by atoms with E-state index < -0.39 is 16.1 Å². The monoisotopic (exact) mass is 436 g/mol. The Hall–Kier alpha value is -3.02. The molecule has 1 amide bonds. The summed E-state index contributed by atoms with van der Waals surface area (Å²) in [4.78, 5) is 19.6. The Balaban J connectivity index is 1.75. The fourth-order valence-corrected chi connectivity index (χ4v) is 6.49. The van der Waals surface area contributed by atoms with Crippen LogP contribution in [0.4, 0.5) is 0 Å². The first kappa shape index (κ1) is 21.2. The first-order chi connectivity index (χ1) is 15.0. The second kappa shape index (κ2) is 8.61. The summed E-state index contributed by atoms with van der Waals surface area (Å²) in [5, 5.41) is 9.20. The van der Waals surface area contributed by atoms with Gasteiger partial charge in [0, 0.05) is 24.7 Å². The maximum absolute atomic E-state index is 13.7. The normalized spacial score (nSPS) is 24.3. The maximum atomic E-state index is 13.7. The third kappa shape index (κ3) is 3.99. The van der Waals surface area contributed by atoms with Crippen molar-refractivity contribution in [1.29, 1.82) is 5.26 Å². The minimum absolute atomic E-state index is 0.0391. The van der Waals surface area contributed by atoms with E-state index in [0.717, 1.165) is 12.1 Å². The van der Waals surface area contributed by atoms with Crippen molar-refractivity contribution in [1.82, 2.24) is 14.2 Å². The SMILES string of the molecule is C=C[C@@H]1CN(Cc2ccccn2)C(=O)[C@@H]2CCC[C@H]1N2S(=O)(=O)c1cccc(C#N)c1. The Kier molecular flexibility index (Phi) is 5.90. The van der Waals surface area contributed by atoms with Gasteiger partial charge in [0.2, 0.25) is 15.9 Å². The van der Waals surface area contributed by atoms with Crippen LogP contribution in [0.5, 0.6) is 0 Å². The lowest BCUT2D eigenvalue weighted by molar-refractivity contribution is -0.135. The smallest absolute Gasteiger partial charge is 0.244 e. The van der Waals surface area contributed by atoms with Crippen molar-refractivity contribution in [2.24, 2.45) is 5.92 Å². The van der Waals surface area contributed by atoms with E-state index >= 15 is 0 Å². The van der Waals surface area contributed by atoms with Crippen molar-refractivity contribution in [2.75, 3.05) is 6.54 Å². The molecule has 2 aliphatic heterocycles. The van der Waals surface area contributed by atoms with Crippen LogP contribution in [0.15, 0.2) is 66.2 Å². The lowest BCUT2D eigenvalue weighted by Crippen LogP contribution is -2.54. The van der Waals surface area contributed by atoms with Gasteiger partial charge >= 0.3 is 0 Å². The van der Waals surface area contributed by atoms with Crippen LogP contribution in [-0.2, 0) is 21.4 Å². The molecule has 2 aromatic rings. The first-order valence-corrected chi connectivity index (χ1v) is 11.7. The number of benzene rings is 1. The Morgan fingerprint density at radius 2 is 2.06 bits per heavy atom. The first-order valence-electron chi connectivity index (χ1n) is 10.3. The minimum Gasteiger partial charge on any atom is -0.335 e. The molecule has 160 valence electrons. The summed E-state index contributed by atoms with van der Waals surface area (Å²) >= 11 is 0. The van der Waals surface area contributed by atoms with E-state index in [-0.39, 0.29) is 28.3 Å². The molecule has 2 aliphatic rings. The van der Waals surface area contributed by atoms with Gasteiger partial charge in [-0.15, -0.1) is 6.58 Å². The average Bonchev–Trinajstić information content (AvgIpc) is 2.87. The Morgan fingerprint density at radius 3 is 2.77 bits per heavy atom. The molecule has 1 aromatic heterocycles. The minimum atomic E-state index is -3.98. The van der Waals surface area contributed by atoms with Crippen molar-refractivity contribution in [3.05, 3.63) is 72.6 Å². The Morgan fingerprint density at radius 1 is 1.23 bits per heavy atom. The quantitative estimate of drug-likeness (QED) is 0.672. The molecule has 3 heterocycles. The molecule has 2 fully saturated rings. The van der Waals surface area contributed by atoms with Gasteiger partial charge in [-0.1, -0.05) is 18.2 Å². The molecule has 7 nitrogen and oxygen atoms in total. The van der Waals surface area contributed by atoms with Crippen molar-refractivity contribution in [3.63, 3.8) is 0 Å². The van der Waals surface area contributed by atoms with Crippen molar-refractivity contribution in [2.45, 2.75) is 42.8 Å². The number of piperidine rings is 1. The zero-order valence-corrected chi connectivity index (χ0v) is 17.9.